The summed E-state index contributed by atoms with van der Waals surface area (Å²) >= 11 is 0. The molecule has 4 aromatic rings. The van der Waals surface area contributed by atoms with Gasteiger partial charge < -0.3 is 14.7 Å². The maximum Gasteiger partial charge on any atom is 0.278 e. The minimum atomic E-state index is -0.485. The number of hydrogen-bond donors (Lipinski definition) is 2. The summed E-state index contributed by atoms with van der Waals surface area (Å²) in [6.07, 6.45) is 2.87. The van der Waals surface area contributed by atoms with E-state index in [0.717, 1.165) is 23.5 Å². The van der Waals surface area contributed by atoms with Crippen molar-refractivity contribution in [1.29, 1.82) is 0 Å². The molecule has 0 unspecified atom stereocenters. The minimum absolute atomic E-state index is 0.0193. The van der Waals surface area contributed by atoms with Gasteiger partial charge in [-0.1, -0.05) is 12.1 Å². The Morgan fingerprint density at radius 1 is 1.11 bits per heavy atom. The summed E-state index contributed by atoms with van der Waals surface area (Å²) in [5.74, 6) is -0.123. The van der Waals surface area contributed by atoms with Gasteiger partial charge in [0, 0.05) is 23.1 Å². The number of nitrogens with zero attached hydrogens (tertiary/aromatic N) is 2. The lowest BCUT2D eigenvalue weighted by Gasteiger charge is -2.06. The van der Waals surface area contributed by atoms with Crippen molar-refractivity contribution >= 4 is 11.6 Å². The molecule has 0 bridgehead atoms. The average molecular weight is 362 g/mol. The molecule has 6 nitrogen and oxygen atoms in total. The first-order valence-corrected chi connectivity index (χ1v) is 8.23. The van der Waals surface area contributed by atoms with E-state index in [0.29, 0.717) is 5.69 Å². The highest BCUT2D eigenvalue weighted by Gasteiger charge is 2.20. The lowest BCUT2D eigenvalue weighted by atomic mass is 10.1. The number of imidazole rings is 1. The van der Waals surface area contributed by atoms with Gasteiger partial charge in [-0.05, 0) is 43.3 Å². The highest BCUT2D eigenvalue weighted by Crippen LogP contribution is 2.26. The Bertz CT molecular complexity index is 1100. The molecule has 7 heteroatoms. The average Bonchev–Trinajstić information content (AvgIpc) is 3.32. The fourth-order valence-electron chi connectivity index (χ4n) is 2.71. The summed E-state index contributed by atoms with van der Waals surface area (Å²) in [5, 5.41) is 2.74. The first-order chi connectivity index (χ1) is 13.1. The van der Waals surface area contributed by atoms with Gasteiger partial charge in [-0.25, -0.2) is 14.4 Å². The zero-order valence-corrected chi connectivity index (χ0v) is 14.4. The van der Waals surface area contributed by atoms with Crippen molar-refractivity contribution < 1.29 is 13.6 Å². The summed E-state index contributed by atoms with van der Waals surface area (Å²) in [4.78, 5) is 23.9. The predicted octanol–water partition coefficient (Wildman–Crippen LogP) is 4.43. The number of carbonyl (C=O) groups excluding carboxylic acids is 1. The molecule has 2 aromatic heterocycles. The van der Waals surface area contributed by atoms with Gasteiger partial charge >= 0.3 is 0 Å². The van der Waals surface area contributed by atoms with Crippen LogP contribution in [-0.2, 0) is 0 Å². The number of carbonyl (C=O) groups is 1. The van der Waals surface area contributed by atoms with Crippen LogP contribution in [0.15, 0.2) is 65.5 Å². The second-order valence-electron chi connectivity index (χ2n) is 5.96. The summed E-state index contributed by atoms with van der Waals surface area (Å²) in [5.41, 5.74) is 2.65. The number of nitrogens with one attached hydrogen (secondary N) is 2. The molecule has 0 aliphatic heterocycles. The van der Waals surface area contributed by atoms with Gasteiger partial charge in [0.2, 0.25) is 0 Å². The first kappa shape index (κ1) is 16.7. The Morgan fingerprint density at radius 3 is 2.59 bits per heavy atom. The normalized spacial score (nSPS) is 10.7. The summed E-state index contributed by atoms with van der Waals surface area (Å²) in [6, 6.07) is 13.3. The summed E-state index contributed by atoms with van der Waals surface area (Å²) < 4.78 is 19.2. The van der Waals surface area contributed by atoms with Crippen LogP contribution in [0, 0.1) is 12.7 Å². The second-order valence-corrected chi connectivity index (χ2v) is 5.96. The number of amides is 1. The molecule has 0 aliphatic rings. The van der Waals surface area contributed by atoms with Crippen LogP contribution in [0.1, 0.15) is 16.2 Å². The number of halogens is 1. The van der Waals surface area contributed by atoms with E-state index in [-0.39, 0.29) is 17.0 Å². The standard InChI is InChI=1S/C20H15FN4O2/c1-12-10-22-19(24-12)13-6-8-14(9-7-13)25-20(26)17-18(27-11-23-17)15-4-2-3-5-16(15)21/h2-11H,1H3,(H,22,24)(H,25,26). The highest BCUT2D eigenvalue weighted by atomic mass is 19.1. The van der Waals surface area contributed by atoms with Crippen molar-refractivity contribution in [3.8, 4) is 22.7 Å². The van der Waals surface area contributed by atoms with Gasteiger partial charge in [-0.2, -0.15) is 0 Å². The molecular weight excluding hydrogens is 347 g/mol. The van der Waals surface area contributed by atoms with E-state index in [9.17, 15) is 9.18 Å². The van der Waals surface area contributed by atoms with Crippen molar-refractivity contribution in [2.24, 2.45) is 0 Å². The number of benzene rings is 2. The van der Waals surface area contributed by atoms with Crippen molar-refractivity contribution in [2.75, 3.05) is 5.32 Å². The predicted molar refractivity (Wildman–Crippen MR) is 98.6 cm³/mol. The number of oxazole rings is 1. The van der Waals surface area contributed by atoms with Crippen molar-refractivity contribution in [3.05, 3.63) is 78.3 Å². The number of aromatic amines is 1. The van der Waals surface area contributed by atoms with Crippen molar-refractivity contribution in [1.82, 2.24) is 15.0 Å². The Labute approximate surface area is 154 Å². The second kappa shape index (κ2) is 6.87. The lowest BCUT2D eigenvalue weighted by Crippen LogP contribution is -2.13. The Balaban J connectivity index is 1.55. The number of H-pyrrole nitrogens is 1. The van der Waals surface area contributed by atoms with Crippen LogP contribution in [0.25, 0.3) is 22.7 Å². The number of anilines is 1. The Kier molecular flexibility index (Phi) is 4.25. The number of aromatic nitrogens is 3. The molecule has 2 N–H and O–H groups in total. The molecule has 134 valence electrons. The fraction of sp³-hybridized carbons (Fsp3) is 0.0500. The maximum atomic E-state index is 14.0. The van der Waals surface area contributed by atoms with Gasteiger partial charge in [0.15, 0.2) is 17.8 Å². The number of rotatable bonds is 4. The van der Waals surface area contributed by atoms with Crippen molar-refractivity contribution in [2.45, 2.75) is 6.92 Å². The first-order valence-electron chi connectivity index (χ1n) is 8.23. The summed E-state index contributed by atoms with van der Waals surface area (Å²) in [7, 11) is 0. The Hall–Kier alpha value is -3.74. The van der Waals surface area contributed by atoms with E-state index in [2.05, 4.69) is 20.3 Å². The SMILES string of the molecule is Cc1cnc(-c2ccc(NC(=O)c3ncoc3-c3ccccc3F)cc2)[nH]1. The van der Waals surface area contributed by atoms with Gasteiger partial charge in [-0.3, -0.25) is 4.79 Å². The van der Waals surface area contributed by atoms with E-state index in [4.69, 9.17) is 4.42 Å². The van der Waals surface area contributed by atoms with Crippen LogP contribution in [0.4, 0.5) is 10.1 Å². The van der Waals surface area contributed by atoms with Gasteiger partial charge in [-0.15, -0.1) is 0 Å². The molecule has 0 spiro atoms. The van der Waals surface area contributed by atoms with Gasteiger partial charge in [0.25, 0.3) is 5.91 Å². The Morgan fingerprint density at radius 2 is 1.89 bits per heavy atom. The molecule has 1 amide bonds. The van der Waals surface area contributed by atoms with E-state index < -0.39 is 11.7 Å². The largest absolute Gasteiger partial charge is 0.443 e. The zero-order chi connectivity index (χ0) is 18.8. The molecule has 27 heavy (non-hydrogen) atoms. The molecule has 0 saturated carbocycles. The third-order valence-corrected chi connectivity index (χ3v) is 4.02. The van der Waals surface area contributed by atoms with E-state index in [1.807, 2.05) is 19.1 Å². The van der Waals surface area contributed by atoms with Crippen LogP contribution >= 0.6 is 0 Å². The van der Waals surface area contributed by atoms with E-state index in [1.54, 1.807) is 30.5 Å². The number of hydrogen-bond acceptors (Lipinski definition) is 4. The molecular formula is C20H15FN4O2. The van der Waals surface area contributed by atoms with Crippen LogP contribution in [0.3, 0.4) is 0 Å². The van der Waals surface area contributed by atoms with Crippen LogP contribution in [-0.4, -0.2) is 20.9 Å². The fourth-order valence-corrected chi connectivity index (χ4v) is 2.71. The van der Waals surface area contributed by atoms with Gasteiger partial charge in [0.1, 0.15) is 11.6 Å². The molecule has 0 saturated heterocycles. The molecule has 2 aromatic carbocycles. The quantitative estimate of drug-likeness (QED) is 0.562. The molecule has 2 heterocycles. The van der Waals surface area contributed by atoms with E-state index in [1.165, 1.54) is 12.1 Å². The highest BCUT2D eigenvalue weighted by molar-refractivity contribution is 6.06. The topological polar surface area (TPSA) is 83.8 Å². The molecule has 0 fully saturated rings. The van der Waals surface area contributed by atoms with Crippen molar-refractivity contribution in [3.63, 3.8) is 0 Å². The third kappa shape index (κ3) is 3.35. The smallest absolute Gasteiger partial charge is 0.278 e. The third-order valence-electron chi connectivity index (χ3n) is 4.02. The van der Waals surface area contributed by atoms with Gasteiger partial charge in [0.05, 0.1) is 5.56 Å². The lowest BCUT2D eigenvalue weighted by molar-refractivity contribution is 0.102. The van der Waals surface area contributed by atoms with Crippen LogP contribution in [0.5, 0.6) is 0 Å². The van der Waals surface area contributed by atoms with Crippen LogP contribution in [0.2, 0.25) is 0 Å². The summed E-state index contributed by atoms with van der Waals surface area (Å²) in [6.45, 7) is 1.93. The monoisotopic (exact) mass is 362 g/mol. The molecule has 0 aliphatic carbocycles. The molecule has 0 radical (unpaired) electrons. The van der Waals surface area contributed by atoms with Crippen LogP contribution < -0.4 is 5.32 Å². The maximum absolute atomic E-state index is 14.0. The molecule has 0 atom stereocenters. The van der Waals surface area contributed by atoms with E-state index >= 15 is 0 Å². The molecule has 4 rings (SSSR count). The minimum Gasteiger partial charge on any atom is -0.443 e. The zero-order valence-electron chi connectivity index (χ0n) is 14.4. The number of aryl methyl sites for hydroxylation is 1.